The van der Waals surface area contributed by atoms with E-state index in [-0.39, 0.29) is 0 Å². The molecule has 1 aliphatic rings. The smallest absolute Gasteiger partial charge is 0.183 e. The molecule has 2 aromatic carbocycles. The summed E-state index contributed by atoms with van der Waals surface area (Å²) in [5.74, 6) is 1.05. The summed E-state index contributed by atoms with van der Waals surface area (Å²) in [4.78, 5) is 9.24. The van der Waals surface area contributed by atoms with Gasteiger partial charge in [0, 0.05) is 24.2 Å². The quantitative estimate of drug-likeness (QED) is 0.615. The number of benzene rings is 2. The first-order valence-corrected chi connectivity index (χ1v) is 12.5. The Labute approximate surface area is 172 Å². The van der Waals surface area contributed by atoms with E-state index in [1.165, 1.54) is 23.2 Å². The first-order valence-electron chi connectivity index (χ1n) is 8.85. The monoisotopic (exact) mass is 432 g/mol. The fourth-order valence-corrected chi connectivity index (χ4v) is 5.21. The van der Waals surface area contributed by atoms with Crippen LogP contribution < -0.4 is 10.6 Å². The zero-order valence-electron chi connectivity index (χ0n) is 15.3. The lowest BCUT2D eigenvalue weighted by molar-refractivity contribution is 0.602. The van der Waals surface area contributed by atoms with Gasteiger partial charge in [-0.15, -0.1) is 0 Å². The number of nitrogens with one attached hydrogen (secondary N) is 2. The minimum absolute atomic E-state index is 0.325. The molecular weight excluding hydrogens is 412 g/mol. The molecule has 0 amide bonds. The fraction of sp³-hybridized carbons (Fsp3) is 0.263. The summed E-state index contributed by atoms with van der Waals surface area (Å²) in [5.41, 5.74) is 3.10. The van der Waals surface area contributed by atoms with Crippen molar-refractivity contribution in [3.05, 3.63) is 48.0 Å². The van der Waals surface area contributed by atoms with Crippen molar-refractivity contribution in [3.63, 3.8) is 0 Å². The zero-order chi connectivity index (χ0) is 19.6. The topological polar surface area (TPSA) is 83.5 Å². The van der Waals surface area contributed by atoms with E-state index in [1.54, 1.807) is 30.0 Å². The maximum Gasteiger partial charge on any atom is 0.183 e. The molecule has 1 aromatic heterocycles. The zero-order valence-corrected chi connectivity index (χ0v) is 17.8. The second-order valence-corrected chi connectivity index (χ2v) is 10.6. The van der Waals surface area contributed by atoms with Gasteiger partial charge < -0.3 is 10.6 Å². The third-order valence-electron chi connectivity index (χ3n) is 4.27. The van der Waals surface area contributed by atoms with Gasteiger partial charge in [-0.05, 0) is 42.3 Å². The normalized spacial score (nSPS) is 14.2. The highest BCUT2D eigenvalue weighted by Gasteiger charge is 2.11. The van der Waals surface area contributed by atoms with Crippen molar-refractivity contribution in [2.75, 3.05) is 35.7 Å². The van der Waals surface area contributed by atoms with Gasteiger partial charge in [0.25, 0.3) is 0 Å². The number of aromatic nitrogens is 1. The van der Waals surface area contributed by atoms with Crippen molar-refractivity contribution in [1.29, 1.82) is 0 Å². The molecule has 3 aromatic rings. The molecule has 2 N–H and O–H groups in total. The first-order chi connectivity index (χ1) is 13.5. The molecule has 0 fully saturated rings. The molecule has 9 heteroatoms. The van der Waals surface area contributed by atoms with Crippen molar-refractivity contribution in [2.45, 2.75) is 11.3 Å². The van der Waals surface area contributed by atoms with Crippen LogP contribution in [0.5, 0.6) is 0 Å². The highest BCUT2D eigenvalue weighted by Crippen LogP contribution is 2.28. The van der Waals surface area contributed by atoms with Crippen LogP contribution in [0, 0.1) is 0 Å². The van der Waals surface area contributed by atoms with Gasteiger partial charge in [-0.3, -0.25) is 4.99 Å². The van der Waals surface area contributed by atoms with Crippen molar-refractivity contribution in [3.8, 4) is 0 Å². The number of sulfone groups is 1. The van der Waals surface area contributed by atoms with Crippen molar-refractivity contribution in [1.82, 2.24) is 4.98 Å². The van der Waals surface area contributed by atoms with Crippen molar-refractivity contribution in [2.24, 2.45) is 4.99 Å². The molecule has 0 saturated carbocycles. The lowest BCUT2D eigenvalue weighted by Crippen LogP contribution is -2.06. The van der Waals surface area contributed by atoms with Gasteiger partial charge >= 0.3 is 0 Å². The predicted octanol–water partition coefficient (Wildman–Crippen LogP) is 3.87. The molecule has 1 aliphatic heterocycles. The highest BCUT2D eigenvalue weighted by atomic mass is 32.2. The van der Waals surface area contributed by atoms with Crippen LogP contribution >= 0.6 is 23.1 Å². The number of nitrogens with zero attached hydrogens (tertiary/aromatic N) is 2. The molecule has 4 rings (SSSR count). The molecule has 0 saturated heterocycles. The lowest BCUT2D eigenvalue weighted by atomic mass is 10.1. The van der Waals surface area contributed by atoms with Crippen LogP contribution in [0.2, 0.25) is 0 Å². The number of thioether (sulfide) groups is 1. The minimum atomic E-state index is -3.20. The number of hydrogen-bond donors (Lipinski definition) is 2. The van der Waals surface area contributed by atoms with Crippen LogP contribution in [0.25, 0.3) is 10.2 Å². The Bertz CT molecular complexity index is 1120. The van der Waals surface area contributed by atoms with Crippen molar-refractivity contribution < 1.29 is 8.42 Å². The third-order valence-corrected chi connectivity index (χ3v) is 7.25. The Morgan fingerprint density at radius 3 is 2.68 bits per heavy atom. The van der Waals surface area contributed by atoms with E-state index in [2.05, 4.69) is 44.9 Å². The SMILES string of the molecule is CS(=O)(=O)c1ccc2nc(NCCc3ccc(NC4=NCCS4)cc3)sc2c1. The van der Waals surface area contributed by atoms with Crippen LogP contribution in [0.1, 0.15) is 5.56 Å². The van der Waals surface area contributed by atoms with Gasteiger partial charge in [0.15, 0.2) is 20.1 Å². The van der Waals surface area contributed by atoms with E-state index in [1.807, 2.05) is 0 Å². The lowest BCUT2D eigenvalue weighted by Gasteiger charge is -2.07. The van der Waals surface area contributed by atoms with Crippen LogP contribution in [0.4, 0.5) is 10.8 Å². The molecule has 6 nitrogen and oxygen atoms in total. The highest BCUT2D eigenvalue weighted by molar-refractivity contribution is 8.14. The molecule has 0 aliphatic carbocycles. The Morgan fingerprint density at radius 2 is 1.96 bits per heavy atom. The average Bonchev–Trinajstić information content (AvgIpc) is 3.31. The Morgan fingerprint density at radius 1 is 1.14 bits per heavy atom. The Hall–Kier alpha value is -2.10. The maximum absolute atomic E-state index is 11.7. The standard InChI is InChI=1S/C19H20N4O2S3/c1-28(24,25)15-6-7-16-17(12-15)27-19(23-16)20-9-8-13-2-4-14(5-3-13)22-18-21-10-11-26-18/h2-7,12H,8-11H2,1H3,(H,20,23)(H,21,22). The molecule has 2 heterocycles. The summed E-state index contributed by atoms with van der Waals surface area (Å²) in [6.07, 6.45) is 2.09. The molecule has 28 heavy (non-hydrogen) atoms. The maximum atomic E-state index is 11.7. The summed E-state index contributed by atoms with van der Waals surface area (Å²) in [5, 5.41) is 8.45. The van der Waals surface area contributed by atoms with Gasteiger partial charge in [-0.1, -0.05) is 35.2 Å². The second kappa shape index (κ2) is 8.10. The number of thiazole rings is 1. The van der Waals surface area contributed by atoms with Crippen molar-refractivity contribution >= 4 is 59.1 Å². The van der Waals surface area contributed by atoms with Gasteiger partial charge in [-0.25, -0.2) is 13.4 Å². The van der Waals surface area contributed by atoms with E-state index in [0.717, 1.165) is 51.5 Å². The largest absolute Gasteiger partial charge is 0.361 e. The summed E-state index contributed by atoms with van der Waals surface area (Å²) in [6.45, 7) is 1.65. The van der Waals surface area contributed by atoms with Crippen LogP contribution in [0.3, 0.4) is 0 Å². The second-order valence-electron chi connectivity index (χ2n) is 6.45. The molecule has 0 atom stereocenters. The molecular formula is C19H20N4O2S3. The number of anilines is 2. The van der Waals surface area contributed by atoms with E-state index in [4.69, 9.17) is 0 Å². The van der Waals surface area contributed by atoms with E-state index >= 15 is 0 Å². The summed E-state index contributed by atoms with van der Waals surface area (Å²) < 4.78 is 24.2. The van der Waals surface area contributed by atoms with Crippen LogP contribution in [-0.4, -0.2) is 43.7 Å². The Balaban J connectivity index is 1.34. The number of hydrogen-bond acceptors (Lipinski definition) is 8. The molecule has 0 spiro atoms. The van der Waals surface area contributed by atoms with Gasteiger partial charge in [0.1, 0.15) is 0 Å². The van der Waals surface area contributed by atoms with Gasteiger partial charge in [0.2, 0.25) is 0 Å². The third kappa shape index (κ3) is 4.65. The Kier molecular flexibility index (Phi) is 5.56. The summed E-state index contributed by atoms with van der Waals surface area (Å²) in [7, 11) is -3.20. The van der Waals surface area contributed by atoms with Gasteiger partial charge in [0.05, 0.1) is 21.7 Å². The summed E-state index contributed by atoms with van der Waals surface area (Å²) in [6, 6.07) is 13.4. The predicted molar refractivity (Wildman–Crippen MR) is 120 cm³/mol. The van der Waals surface area contributed by atoms with E-state index in [0.29, 0.717) is 4.90 Å². The molecule has 146 valence electrons. The average molecular weight is 433 g/mol. The number of amidine groups is 1. The molecule has 0 bridgehead atoms. The van der Waals surface area contributed by atoms with E-state index in [9.17, 15) is 8.42 Å². The molecule has 0 unspecified atom stereocenters. The van der Waals surface area contributed by atoms with Crippen LogP contribution in [-0.2, 0) is 16.3 Å². The summed E-state index contributed by atoms with van der Waals surface area (Å²) >= 11 is 3.22. The number of rotatable bonds is 6. The first kappa shape index (κ1) is 19.2. The minimum Gasteiger partial charge on any atom is -0.361 e. The number of fused-ring (bicyclic) bond motifs is 1. The van der Waals surface area contributed by atoms with Gasteiger partial charge in [-0.2, -0.15) is 0 Å². The van der Waals surface area contributed by atoms with Crippen LogP contribution in [0.15, 0.2) is 52.4 Å². The number of aliphatic imine (C=N–C) groups is 1. The fourth-order valence-electron chi connectivity index (χ4n) is 2.81. The van der Waals surface area contributed by atoms with E-state index < -0.39 is 9.84 Å². The molecule has 0 radical (unpaired) electrons.